The third-order valence-corrected chi connectivity index (χ3v) is 5.75. The molecule has 1 aromatic rings. The molecule has 1 aliphatic rings. The van der Waals surface area contributed by atoms with Crippen molar-refractivity contribution in [1.82, 2.24) is 15.5 Å². The lowest BCUT2D eigenvalue weighted by molar-refractivity contribution is -0.144. The van der Waals surface area contributed by atoms with Gasteiger partial charge in [0.05, 0.1) is 6.61 Å². The van der Waals surface area contributed by atoms with Crippen LogP contribution >= 0.6 is 0 Å². The van der Waals surface area contributed by atoms with Crippen LogP contribution in [0.2, 0.25) is 0 Å². The highest BCUT2D eigenvalue weighted by Crippen LogP contribution is 2.41. The highest BCUT2D eigenvalue weighted by molar-refractivity contribution is 5.93. The molecule has 0 saturated heterocycles. The largest absolute Gasteiger partial charge is 0.444 e. The molecule has 2 rings (SSSR count). The maximum atomic E-state index is 13.7. The van der Waals surface area contributed by atoms with Gasteiger partial charge in [-0.25, -0.2) is 4.79 Å². The number of aryl methyl sites for hydroxylation is 1. The van der Waals surface area contributed by atoms with Gasteiger partial charge in [0.25, 0.3) is 0 Å². The SMILES string of the molecule is Cc1cccc(C(C(=O)NC(C)C)N(C(=O)C(CO)NC(=O)OC(C)(C)C)C2CC2C)c1C. The molecule has 8 nitrogen and oxygen atoms in total. The first kappa shape index (κ1) is 26.6. The van der Waals surface area contributed by atoms with E-state index in [1.165, 1.54) is 0 Å². The van der Waals surface area contributed by atoms with E-state index < -0.39 is 36.3 Å². The molecule has 3 amide bonds. The van der Waals surface area contributed by atoms with E-state index in [4.69, 9.17) is 4.74 Å². The van der Waals surface area contributed by atoms with Crippen molar-refractivity contribution in [2.45, 2.75) is 91.6 Å². The van der Waals surface area contributed by atoms with Crippen LogP contribution < -0.4 is 10.6 Å². The molecule has 1 saturated carbocycles. The normalized spacial score (nSPS) is 19.5. The van der Waals surface area contributed by atoms with Crippen LogP contribution in [0.25, 0.3) is 0 Å². The lowest BCUT2D eigenvalue weighted by Crippen LogP contribution is -2.55. The van der Waals surface area contributed by atoms with Crippen molar-refractivity contribution < 1.29 is 24.2 Å². The second kappa shape index (κ2) is 10.5. The van der Waals surface area contributed by atoms with E-state index in [1.807, 2.05) is 52.8 Å². The van der Waals surface area contributed by atoms with Crippen molar-refractivity contribution >= 4 is 17.9 Å². The zero-order valence-electron chi connectivity index (χ0n) is 21.1. The summed E-state index contributed by atoms with van der Waals surface area (Å²) in [4.78, 5) is 41.0. The zero-order valence-corrected chi connectivity index (χ0v) is 21.1. The predicted octanol–water partition coefficient (Wildman–Crippen LogP) is 2.99. The molecule has 1 fully saturated rings. The Labute approximate surface area is 197 Å². The third kappa shape index (κ3) is 6.93. The molecule has 0 aromatic heterocycles. The van der Waals surface area contributed by atoms with Crippen molar-refractivity contribution in [3.05, 3.63) is 34.9 Å². The molecule has 0 aliphatic heterocycles. The molecular formula is C25H39N3O5. The van der Waals surface area contributed by atoms with E-state index in [-0.39, 0.29) is 23.9 Å². The van der Waals surface area contributed by atoms with E-state index >= 15 is 0 Å². The van der Waals surface area contributed by atoms with Crippen LogP contribution in [-0.2, 0) is 14.3 Å². The van der Waals surface area contributed by atoms with E-state index in [2.05, 4.69) is 10.6 Å². The molecule has 184 valence electrons. The topological polar surface area (TPSA) is 108 Å². The van der Waals surface area contributed by atoms with Crippen LogP contribution in [0.4, 0.5) is 4.79 Å². The number of nitrogens with one attached hydrogen (secondary N) is 2. The summed E-state index contributed by atoms with van der Waals surface area (Å²) in [7, 11) is 0. The molecule has 1 aromatic carbocycles. The van der Waals surface area contributed by atoms with Gasteiger partial charge in [-0.15, -0.1) is 0 Å². The summed E-state index contributed by atoms with van der Waals surface area (Å²) < 4.78 is 5.27. The molecule has 4 atom stereocenters. The summed E-state index contributed by atoms with van der Waals surface area (Å²) in [6, 6.07) is 3.28. The Kier molecular flexibility index (Phi) is 8.52. The molecule has 0 spiro atoms. The van der Waals surface area contributed by atoms with Gasteiger partial charge in [0.15, 0.2) is 0 Å². The minimum Gasteiger partial charge on any atom is -0.444 e. The number of amides is 3. The van der Waals surface area contributed by atoms with Crippen molar-refractivity contribution in [1.29, 1.82) is 0 Å². The average molecular weight is 462 g/mol. The number of hydrogen-bond donors (Lipinski definition) is 3. The van der Waals surface area contributed by atoms with Gasteiger partial charge in [-0.1, -0.05) is 25.1 Å². The highest BCUT2D eigenvalue weighted by Gasteiger charge is 2.48. The van der Waals surface area contributed by atoms with Gasteiger partial charge in [0.1, 0.15) is 17.7 Å². The minimum atomic E-state index is -1.23. The number of aliphatic hydroxyl groups excluding tert-OH is 1. The van der Waals surface area contributed by atoms with Gasteiger partial charge in [-0.2, -0.15) is 0 Å². The predicted molar refractivity (Wildman–Crippen MR) is 127 cm³/mol. The summed E-state index contributed by atoms with van der Waals surface area (Å²) in [5.41, 5.74) is 1.91. The van der Waals surface area contributed by atoms with Crippen LogP contribution in [0, 0.1) is 19.8 Å². The summed E-state index contributed by atoms with van der Waals surface area (Å²) >= 11 is 0. The Morgan fingerprint density at radius 2 is 1.79 bits per heavy atom. The summed E-state index contributed by atoms with van der Waals surface area (Å²) in [6.07, 6.45) is -0.0549. The fraction of sp³-hybridized carbons (Fsp3) is 0.640. The number of carbonyl (C=O) groups excluding carboxylic acids is 3. The molecule has 3 N–H and O–H groups in total. The number of carbonyl (C=O) groups is 3. The van der Waals surface area contributed by atoms with Crippen LogP contribution in [0.5, 0.6) is 0 Å². The van der Waals surface area contributed by atoms with Crippen LogP contribution in [0.3, 0.4) is 0 Å². The number of rotatable bonds is 8. The summed E-state index contributed by atoms with van der Waals surface area (Å²) in [5, 5.41) is 15.4. The first-order valence-electron chi connectivity index (χ1n) is 11.6. The van der Waals surface area contributed by atoms with E-state index in [9.17, 15) is 19.5 Å². The van der Waals surface area contributed by atoms with Gasteiger partial charge in [0, 0.05) is 12.1 Å². The second-order valence-electron chi connectivity index (χ2n) is 10.3. The summed E-state index contributed by atoms with van der Waals surface area (Å²) in [5.74, 6) is -0.600. The van der Waals surface area contributed by atoms with Crippen molar-refractivity contribution in [2.24, 2.45) is 5.92 Å². The van der Waals surface area contributed by atoms with Crippen molar-refractivity contribution in [3.8, 4) is 0 Å². The number of hydrogen-bond acceptors (Lipinski definition) is 5. The van der Waals surface area contributed by atoms with Gasteiger partial charge in [-0.05, 0) is 77.5 Å². The molecule has 0 bridgehead atoms. The Bertz CT molecular complexity index is 877. The minimum absolute atomic E-state index is 0.118. The number of ether oxygens (including phenoxy) is 1. The molecule has 0 radical (unpaired) electrons. The lowest BCUT2D eigenvalue weighted by Gasteiger charge is -2.35. The van der Waals surface area contributed by atoms with Gasteiger partial charge >= 0.3 is 6.09 Å². The van der Waals surface area contributed by atoms with Crippen LogP contribution in [-0.4, -0.2) is 58.2 Å². The second-order valence-corrected chi connectivity index (χ2v) is 10.3. The van der Waals surface area contributed by atoms with Gasteiger partial charge in [0.2, 0.25) is 11.8 Å². The number of nitrogens with zero attached hydrogens (tertiary/aromatic N) is 1. The Morgan fingerprint density at radius 1 is 1.18 bits per heavy atom. The zero-order chi connectivity index (χ0) is 25.1. The van der Waals surface area contributed by atoms with Crippen LogP contribution in [0.15, 0.2) is 18.2 Å². The monoisotopic (exact) mass is 461 g/mol. The van der Waals surface area contributed by atoms with E-state index in [0.717, 1.165) is 23.1 Å². The first-order chi connectivity index (χ1) is 15.3. The molecule has 0 heterocycles. The van der Waals surface area contributed by atoms with Gasteiger partial charge < -0.3 is 25.4 Å². The van der Waals surface area contributed by atoms with Crippen molar-refractivity contribution in [3.63, 3.8) is 0 Å². The van der Waals surface area contributed by atoms with Crippen LogP contribution in [0.1, 0.15) is 70.7 Å². The quantitative estimate of drug-likeness (QED) is 0.552. The Hall–Kier alpha value is -2.61. The smallest absolute Gasteiger partial charge is 0.408 e. The summed E-state index contributed by atoms with van der Waals surface area (Å²) in [6.45, 7) is 14.2. The molecule has 8 heteroatoms. The van der Waals surface area contributed by atoms with E-state index in [0.29, 0.717) is 0 Å². The maximum Gasteiger partial charge on any atom is 0.408 e. The lowest BCUT2D eigenvalue weighted by atomic mass is 9.94. The molecule has 33 heavy (non-hydrogen) atoms. The standard InChI is InChI=1S/C25H39N3O5/c1-14(2)26-22(30)21(18-11-9-10-15(3)17(18)5)28(20-12-16(20)4)23(31)19(13-29)27-24(32)33-25(6,7)8/h9-11,14,16,19-21,29H,12-13H2,1-8H3,(H,26,30)(H,27,32). The fourth-order valence-electron chi connectivity index (χ4n) is 3.84. The molecule has 4 unspecified atom stereocenters. The Balaban J connectivity index is 2.48. The molecular weight excluding hydrogens is 422 g/mol. The number of benzene rings is 1. The third-order valence-electron chi connectivity index (χ3n) is 5.75. The highest BCUT2D eigenvalue weighted by atomic mass is 16.6. The fourth-order valence-corrected chi connectivity index (χ4v) is 3.84. The average Bonchev–Trinajstić information content (AvgIpc) is 3.40. The Morgan fingerprint density at radius 3 is 2.27 bits per heavy atom. The number of aliphatic hydroxyl groups is 1. The van der Waals surface area contributed by atoms with Crippen molar-refractivity contribution in [2.75, 3.05) is 6.61 Å². The molecule has 1 aliphatic carbocycles. The number of alkyl carbamates (subject to hydrolysis) is 1. The van der Waals surface area contributed by atoms with E-state index in [1.54, 1.807) is 25.7 Å². The van der Waals surface area contributed by atoms with Gasteiger partial charge in [-0.3, -0.25) is 9.59 Å². The maximum absolute atomic E-state index is 13.7. The first-order valence-corrected chi connectivity index (χ1v) is 11.6.